The molecule has 1 aromatic carbocycles. The van der Waals surface area contributed by atoms with E-state index in [4.69, 9.17) is 15.2 Å². The summed E-state index contributed by atoms with van der Waals surface area (Å²) < 4.78 is 11.4. The molecule has 0 heterocycles. The average Bonchev–Trinajstić information content (AvgIpc) is 2.24. The highest BCUT2D eigenvalue weighted by Crippen LogP contribution is 2.33. The van der Waals surface area contributed by atoms with Gasteiger partial charge in [0, 0.05) is 11.5 Å². The maximum absolute atomic E-state index is 6.07. The van der Waals surface area contributed by atoms with Gasteiger partial charge in [0.1, 0.15) is 6.10 Å². The summed E-state index contributed by atoms with van der Waals surface area (Å²) in [4.78, 5) is 0. The summed E-state index contributed by atoms with van der Waals surface area (Å²) in [5.41, 5.74) is 7.15. The summed E-state index contributed by atoms with van der Waals surface area (Å²) in [6, 6.07) is 5.88. The van der Waals surface area contributed by atoms with Crippen LogP contribution in [0.2, 0.25) is 0 Å². The van der Waals surface area contributed by atoms with Gasteiger partial charge in [-0.1, -0.05) is 26.8 Å². The fourth-order valence-electron chi connectivity index (χ4n) is 2.08. The van der Waals surface area contributed by atoms with Gasteiger partial charge >= 0.3 is 0 Å². The first-order valence-corrected chi connectivity index (χ1v) is 6.32. The number of hydrogen-bond donors (Lipinski definition) is 1. The Labute approximate surface area is 110 Å². The molecule has 2 N–H and O–H groups in total. The van der Waals surface area contributed by atoms with E-state index in [-0.39, 0.29) is 17.6 Å². The van der Waals surface area contributed by atoms with Gasteiger partial charge in [-0.2, -0.15) is 0 Å². The lowest BCUT2D eigenvalue weighted by Gasteiger charge is -2.34. The molecule has 18 heavy (non-hydrogen) atoms. The molecule has 2 atom stereocenters. The van der Waals surface area contributed by atoms with Gasteiger partial charge in [-0.05, 0) is 31.5 Å². The first kappa shape index (κ1) is 14.8. The molecule has 0 aliphatic heterocycles. The quantitative estimate of drug-likeness (QED) is 0.894. The zero-order valence-electron chi connectivity index (χ0n) is 12.3. The molecule has 0 radical (unpaired) electrons. The van der Waals surface area contributed by atoms with Crippen molar-refractivity contribution in [1.29, 1.82) is 0 Å². The van der Waals surface area contributed by atoms with Crippen LogP contribution in [-0.4, -0.2) is 19.3 Å². The average molecular weight is 251 g/mol. The van der Waals surface area contributed by atoms with E-state index in [1.54, 1.807) is 7.11 Å². The van der Waals surface area contributed by atoms with Gasteiger partial charge in [0.25, 0.3) is 0 Å². The van der Waals surface area contributed by atoms with Crippen LogP contribution >= 0.6 is 0 Å². The number of rotatable bonds is 4. The molecule has 0 aliphatic carbocycles. The number of hydrogen-bond acceptors (Lipinski definition) is 3. The Balaban J connectivity index is 3.01. The van der Waals surface area contributed by atoms with Crippen molar-refractivity contribution < 1.29 is 9.47 Å². The van der Waals surface area contributed by atoms with Crippen LogP contribution in [0.1, 0.15) is 33.3 Å². The fourth-order valence-corrected chi connectivity index (χ4v) is 2.08. The Hall–Kier alpha value is -1.22. The second kappa shape index (κ2) is 5.61. The van der Waals surface area contributed by atoms with E-state index in [1.807, 2.05) is 32.0 Å². The lowest BCUT2D eigenvalue weighted by atomic mass is 9.85. The fraction of sp³-hybridized carbons (Fsp3) is 0.600. The number of nitrogens with two attached hydrogens (primary N) is 1. The number of ether oxygens (including phenoxy) is 2. The third-order valence-electron chi connectivity index (χ3n) is 2.90. The maximum atomic E-state index is 6.07. The van der Waals surface area contributed by atoms with Crippen molar-refractivity contribution in [2.24, 2.45) is 11.1 Å². The molecule has 0 aromatic heterocycles. The van der Waals surface area contributed by atoms with Crippen molar-refractivity contribution >= 4 is 0 Å². The molecule has 3 heteroatoms. The zero-order chi connectivity index (χ0) is 13.9. The largest absolute Gasteiger partial charge is 0.493 e. The molecular formula is C15H25NO2. The van der Waals surface area contributed by atoms with Crippen molar-refractivity contribution in [3.05, 3.63) is 23.8 Å². The second-order valence-corrected chi connectivity index (χ2v) is 5.92. The molecule has 0 aliphatic rings. The Morgan fingerprint density at radius 2 is 1.78 bits per heavy atom. The van der Waals surface area contributed by atoms with Crippen LogP contribution < -0.4 is 15.2 Å². The molecule has 0 fully saturated rings. The molecule has 0 saturated carbocycles. The molecule has 102 valence electrons. The molecule has 0 saturated heterocycles. The van der Waals surface area contributed by atoms with Crippen molar-refractivity contribution in [2.75, 3.05) is 7.11 Å². The Morgan fingerprint density at radius 1 is 1.17 bits per heavy atom. The van der Waals surface area contributed by atoms with E-state index >= 15 is 0 Å². The molecule has 0 amide bonds. The smallest absolute Gasteiger partial charge is 0.161 e. The van der Waals surface area contributed by atoms with Gasteiger partial charge in [0.15, 0.2) is 11.5 Å². The number of methoxy groups -OCH3 is 1. The van der Waals surface area contributed by atoms with Crippen LogP contribution in [0, 0.1) is 12.3 Å². The monoisotopic (exact) mass is 251 g/mol. The maximum Gasteiger partial charge on any atom is 0.161 e. The van der Waals surface area contributed by atoms with E-state index in [2.05, 4.69) is 20.8 Å². The SMILES string of the molecule is COc1cc(C)ccc1OC(C(C)N)C(C)(C)C. The molecule has 0 bridgehead atoms. The molecule has 3 nitrogen and oxygen atoms in total. The van der Waals surface area contributed by atoms with E-state index in [1.165, 1.54) is 0 Å². The number of benzene rings is 1. The van der Waals surface area contributed by atoms with Crippen molar-refractivity contribution in [1.82, 2.24) is 0 Å². The standard InChI is InChI=1S/C15H25NO2/c1-10-7-8-12(13(9-10)17-6)18-14(11(2)16)15(3,4)5/h7-9,11,14H,16H2,1-6H3. The minimum absolute atomic E-state index is 0.0237. The summed E-state index contributed by atoms with van der Waals surface area (Å²) >= 11 is 0. The van der Waals surface area contributed by atoms with Crippen LogP contribution in [0.4, 0.5) is 0 Å². The van der Waals surface area contributed by atoms with Gasteiger partial charge in [-0.15, -0.1) is 0 Å². The minimum atomic E-state index is -0.0610. The van der Waals surface area contributed by atoms with Gasteiger partial charge in [-0.25, -0.2) is 0 Å². The van der Waals surface area contributed by atoms with E-state index in [0.717, 1.165) is 17.1 Å². The Bertz CT molecular complexity index is 394. The van der Waals surface area contributed by atoms with E-state index < -0.39 is 0 Å². The predicted molar refractivity (Wildman–Crippen MR) is 75.3 cm³/mol. The van der Waals surface area contributed by atoms with Crippen LogP contribution in [0.25, 0.3) is 0 Å². The topological polar surface area (TPSA) is 44.5 Å². The third kappa shape index (κ3) is 3.64. The molecule has 2 unspecified atom stereocenters. The Kier molecular flexibility index (Phi) is 4.63. The summed E-state index contributed by atoms with van der Waals surface area (Å²) in [5.74, 6) is 1.50. The van der Waals surface area contributed by atoms with E-state index in [9.17, 15) is 0 Å². The second-order valence-electron chi connectivity index (χ2n) is 5.92. The predicted octanol–water partition coefficient (Wildman–Crippen LogP) is 3.14. The Morgan fingerprint density at radius 3 is 2.22 bits per heavy atom. The van der Waals surface area contributed by atoms with Crippen LogP contribution in [0.5, 0.6) is 11.5 Å². The summed E-state index contributed by atoms with van der Waals surface area (Å²) in [6.45, 7) is 10.4. The van der Waals surface area contributed by atoms with Crippen molar-refractivity contribution in [3.63, 3.8) is 0 Å². The van der Waals surface area contributed by atoms with E-state index in [0.29, 0.717) is 0 Å². The highest BCUT2D eigenvalue weighted by Gasteiger charge is 2.30. The van der Waals surface area contributed by atoms with Crippen LogP contribution in [0.3, 0.4) is 0 Å². The zero-order valence-corrected chi connectivity index (χ0v) is 12.3. The van der Waals surface area contributed by atoms with Crippen molar-refractivity contribution in [2.45, 2.75) is 46.8 Å². The highest BCUT2D eigenvalue weighted by atomic mass is 16.5. The van der Waals surface area contributed by atoms with Gasteiger partial charge in [0.05, 0.1) is 7.11 Å². The first-order chi connectivity index (χ1) is 8.25. The molecule has 1 aromatic rings. The first-order valence-electron chi connectivity index (χ1n) is 6.32. The molecule has 0 spiro atoms. The molecular weight excluding hydrogens is 226 g/mol. The van der Waals surface area contributed by atoms with Gasteiger partial charge in [-0.3, -0.25) is 0 Å². The lowest BCUT2D eigenvalue weighted by molar-refractivity contribution is 0.0657. The summed E-state index contributed by atoms with van der Waals surface area (Å²) in [7, 11) is 1.65. The van der Waals surface area contributed by atoms with Crippen molar-refractivity contribution in [3.8, 4) is 11.5 Å². The summed E-state index contributed by atoms with van der Waals surface area (Å²) in [6.07, 6.45) is -0.0610. The molecule has 1 rings (SSSR count). The van der Waals surface area contributed by atoms with Crippen LogP contribution in [0.15, 0.2) is 18.2 Å². The minimum Gasteiger partial charge on any atom is -0.493 e. The summed E-state index contributed by atoms with van der Waals surface area (Å²) in [5, 5.41) is 0. The third-order valence-corrected chi connectivity index (χ3v) is 2.90. The normalized spacial score (nSPS) is 15.1. The van der Waals surface area contributed by atoms with Gasteiger partial charge < -0.3 is 15.2 Å². The van der Waals surface area contributed by atoms with Gasteiger partial charge in [0.2, 0.25) is 0 Å². The van der Waals surface area contributed by atoms with Crippen LogP contribution in [-0.2, 0) is 0 Å². The highest BCUT2D eigenvalue weighted by molar-refractivity contribution is 5.42. The lowest BCUT2D eigenvalue weighted by Crippen LogP contribution is -2.45. The number of aryl methyl sites for hydroxylation is 1.